The summed E-state index contributed by atoms with van der Waals surface area (Å²) in [5.41, 5.74) is 2.21. The first-order chi connectivity index (χ1) is 12.6. The Balaban J connectivity index is 1.45. The van der Waals surface area contributed by atoms with Gasteiger partial charge >= 0.3 is 0 Å². The number of rotatable bonds is 4. The van der Waals surface area contributed by atoms with Gasteiger partial charge in [0.25, 0.3) is 0 Å². The molecule has 2 aliphatic rings. The summed E-state index contributed by atoms with van der Waals surface area (Å²) in [7, 11) is 3.69. The minimum Gasteiger partial charge on any atom is -0.494 e. The molecule has 4 rings (SSSR count). The second kappa shape index (κ2) is 7.06. The molecule has 6 heteroatoms. The van der Waals surface area contributed by atoms with E-state index in [2.05, 4.69) is 17.9 Å². The van der Waals surface area contributed by atoms with E-state index < -0.39 is 0 Å². The van der Waals surface area contributed by atoms with Crippen molar-refractivity contribution in [3.05, 3.63) is 17.7 Å². The van der Waals surface area contributed by atoms with Crippen molar-refractivity contribution in [2.24, 2.45) is 5.92 Å². The highest BCUT2D eigenvalue weighted by Crippen LogP contribution is 2.37. The van der Waals surface area contributed by atoms with Crippen LogP contribution in [-0.2, 0) is 4.79 Å². The van der Waals surface area contributed by atoms with Crippen LogP contribution in [-0.4, -0.2) is 49.1 Å². The van der Waals surface area contributed by atoms with Crippen molar-refractivity contribution >= 4 is 32.6 Å². The van der Waals surface area contributed by atoms with Gasteiger partial charge in [0.1, 0.15) is 11.3 Å². The lowest BCUT2D eigenvalue weighted by atomic mass is 9.84. The Labute approximate surface area is 159 Å². The average Bonchev–Trinajstić information content (AvgIpc) is 3.06. The maximum Gasteiger partial charge on any atom is 0.225 e. The molecule has 1 saturated carbocycles. The lowest BCUT2D eigenvalue weighted by Crippen LogP contribution is -2.48. The molecule has 1 saturated heterocycles. The molecule has 1 aliphatic carbocycles. The number of piperidine rings is 1. The molecule has 1 amide bonds. The van der Waals surface area contributed by atoms with E-state index in [0.717, 1.165) is 55.2 Å². The maximum absolute atomic E-state index is 12.5. The smallest absolute Gasteiger partial charge is 0.225 e. The molecule has 0 radical (unpaired) electrons. The number of nitrogens with zero attached hydrogens (tertiary/aromatic N) is 3. The van der Waals surface area contributed by atoms with Crippen LogP contribution in [0.3, 0.4) is 0 Å². The molecule has 2 heterocycles. The third kappa shape index (κ3) is 3.04. The fourth-order valence-corrected chi connectivity index (χ4v) is 5.07. The van der Waals surface area contributed by atoms with Gasteiger partial charge in [-0.1, -0.05) is 23.8 Å². The van der Waals surface area contributed by atoms with Gasteiger partial charge in [-0.2, -0.15) is 0 Å². The summed E-state index contributed by atoms with van der Waals surface area (Å²) in [5.74, 6) is 1.49. The Morgan fingerprint density at radius 3 is 2.62 bits per heavy atom. The van der Waals surface area contributed by atoms with Gasteiger partial charge in [0.2, 0.25) is 5.91 Å². The van der Waals surface area contributed by atoms with E-state index in [1.807, 2.05) is 18.0 Å². The fraction of sp³-hybridized carbons (Fsp3) is 0.600. The predicted molar refractivity (Wildman–Crippen MR) is 106 cm³/mol. The molecule has 1 aromatic heterocycles. The molecule has 5 nitrogen and oxygen atoms in total. The topological polar surface area (TPSA) is 45.7 Å². The number of anilines is 1. The van der Waals surface area contributed by atoms with Crippen LogP contribution in [0.25, 0.3) is 10.2 Å². The predicted octanol–water partition coefficient (Wildman–Crippen LogP) is 3.84. The van der Waals surface area contributed by atoms with Crippen LogP contribution in [0.1, 0.15) is 37.7 Å². The first-order valence-electron chi connectivity index (χ1n) is 9.54. The van der Waals surface area contributed by atoms with Crippen molar-refractivity contribution in [2.45, 2.75) is 45.1 Å². The molecule has 1 aliphatic heterocycles. The number of hydrogen-bond donors (Lipinski definition) is 0. The number of aromatic nitrogens is 1. The molecule has 2 fully saturated rings. The third-order valence-electron chi connectivity index (χ3n) is 6.00. The lowest BCUT2D eigenvalue weighted by molar-refractivity contribution is -0.139. The Morgan fingerprint density at radius 1 is 1.27 bits per heavy atom. The molecule has 1 aromatic carbocycles. The highest BCUT2D eigenvalue weighted by molar-refractivity contribution is 7.22. The van der Waals surface area contributed by atoms with Gasteiger partial charge in [0, 0.05) is 32.1 Å². The zero-order valence-electron chi connectivity index (χ0n) is 15.8. The highest BCUT2D eigenvalue weighted by atomic mass is 32.1. The number of carbonyl (C=O) groups is 1. The number of aryl methyl sites for hydroxylation is 1. The summed E-state index contributed by atoms with van der Waals surface area (Å²) < 4.78 is 6.69. The van der Waals surface area contributed by atoms with Crippen molar-refractivity contribution < 1.29 is 9.53 Å². The van der Waals surface area contributed by atoms with Gasteiger partial charge < -0.3 is 14.5 Å². The molecule has 0 N–H and O–H groups in total. The van der Waals surface area contributed by atoms with Crippen LogP contribution < -0.4 is 9.64 Å². The van der Waals surface area contributed by atoms with Crippen molar-refractivity contribution in [3.63, 3.8) is 0 Å². The Bertz CT molecular complexity index is 807. The van der Waals surface area contributed by atoms with Crippen LogP contribution >= 0.6 is 11.3 Å². The van der Waals surface area contributed by atoms with Gasteiger partial charge in [0.15, 0.2) is 5.13 Å². The zero-order chi connectivity index (χ0) is 18.3. The van der Waals surface area contributed by atoms with E-state index in [9.17, 15) is 4.79 Å². The quantitative estimate of drug-likeness (QED) is 0.817. The third-order valence-corrected chi connectivity index (χ3v) is 7.25. The molecule has 26 heavy (non-hydrogen) atoms. The van der Waals surface area contributed by atoms with Gasteiger partial charge in [0.05, 0.1) is 11.8 Å². The minimum atomic E-state index is 0.290. The summed E-state index contributed by atoms with van der Waals surface area (Å²) in [6, 6.07) is 4.45. The average molecular weight is 374 g/mol. The first kappa shape index (κ1) is 17.6. The minimum absolute atomic E-state index is 0.290. The van der Waals surface area contributed by atoms with Crippen molar-refractivity contribution in [1.82, 2.24) is 9.88 Å². The van der Waals surface area contributed by atoms with Crippen molar-refractivity contribution in [1.29, 1.82) is 0 Å². The largest absolute Gasteiger partial charge is 0.494 e. The molecule has 140 valence electrons. The van der Waals surface area contributed by atoms with E-state index in [4.69, 9.17) is 9.72 Å². The van der Waals surface area contributed by atoms with Crippen LogP contribution in [0.2, 0.25) is 0 Å². The van der Waals surface area contributed by atoms with E-state index in [1.54, 1.807) is 18.4 Å². The second-order valence-corrected chi connectivity index (χ2v) is 8.53. The number of benzene rings is 1. The number of amides is 1. The number of carbonyl (C=O) groups excluding carboxylic acids is 1. The summed E-state index contributed by atoms with van der Waals surface area (Å²) in [6.07, 6.45) is 5.40. The second-order valence-electron chi connectivity index (χ2n) is 7.55. The fourth-order valence-electron chi connectivity index (χ4n) is 3.97. The number of thiazole rings is 1. The van der Waals surface area contributed by atoms with E-state index in [0.29, 0.717) is 11.9 Å². The number of fused-ring (bicyclic) bond motifs is 1. The van der Waals surface area contributed by atoms with Gasteiger partial charge in [-0.3, -0.25) is 4.79 Å². The zero-order valence-corrected chi connectivity index (χ0v) is 16.6. The van der Waals surface area contributed by atoms with Crippen molar-refractivity contribution in [3.8, 4) is 5.75 Å². The van der Waals surface area contributed by atoms with Gasteiger partial charge in [-0.05, 0) is 44.2 Å². The Morgan fingerprint density at radius 2 is 2.00 bits per heavy atom. The summed E-state index contributed by atoms with van der Waals surface area (Å²) >= 11 is 1.75. The number of methoxy groups -OCH3 is 1. The summed E-state index contributed by atoms with van der Waals surface area (Å²) in [4.78, 5) is 21.7. The van der Waals surface area contributed by atoms with Crippen LogP contribution in [0.4, 0.5) is 5.13 Å². The van der Waals surface area contributed by atoms with E-state index >= 15 is 0 Å². The number of hydrogen-bond acceptors (Lipinski definition) is 5. The SMILES string of the molecule is COc1ccc(C)c2sc(N3CCC(N(C)C(=O)C4CCC4)CC3)nc12. The Hall–Kier alpha value is -1.82. The standard InChI is InChI=1S/C20H27N3O2S/c1-13-7-8-16(25-3)17-18(13)26-20(21-17)23-11-9-15(10-12-23)22(2)19(24)14-5-4-6-14/h7-8,14-15H,4-6,9-12H2,1-3H3. The van der Waals surface area contributed by atoms with Crippen LogP contribution in [0.15, 0.2) is 12.1 Å². The highest BCUT2D eigenvalue weighted by Gasteiger charge is 2.33. The molecule has 0 bridgehead atoms. The molecule has 2 aromatic rings. The first-order valence-corrected chi connectivity index (χ1v) is 10.4. The van der Waals surface area contributed by atoms with Gasteiger partial charge in [-0.25, -0.2) is 4.98 Å². The molecule has 0 spiro atoms. The molecular formula is C20H27N3O2S. The lowest BCUT2D eigenvalue weighted by Gasteiger charge is -2.39. The van der Waals surface area contributed by atoms with Gasteiger partial charge in [-0.15, -0.1) is 0 Å². The number of ether oxygens (including phenoxy) is 1. The summed E-state index contributed by atoms with van der Waals surface area (Å²) in [5, 5.41) is 1.07. The maximum atomic E-state index is 12.5. The van der Waals surface area contributed by atoms with Crippen LogP contribution in [0.5, 0.6) is 5.75 Å². The van der Waals surface area contributed by atoms with Crippen LogP contribution in [0, 0.1) is 12.8 Å². The Kier molecular flexibility index (Phi) is 4.78. The summed E-state index contributed by atoms with van der Waals surface area (Å²) in [6.45, 7) is 4.03. The van der Waals surface area contributed by atoms with E-state index in [1.165, 1.54) is 16.7 Å². The van der Waals surface area contributed by atoms with E-state index in [-0.39, 0.29) is 5.92 Å². The monoisotopic (exact) mass is 373 g/mol. The molecule has 0 unspecified atom stereocenters. The molecule has 0 atom stereocenters. The molecular weight excluding hydrogens is 346 g/mol. The normalized spacial score (nSPS) is 18.8. The van der Waals surface area contributed by atoms with Crippen molar-refractivity contribution in [2.75, 3.05) is 32.1 Å².